The van der Waals surface area contributed by atoms with Gasteiger partial charge in [-0.15, -0.1) is 0 Å². The van der Waals surface area contributed by atoms with Gasteiger partial charge in [-0.2, -0.15) is 0 Å². The van der Waals surface area contributed by atoms with Crippen LogP contribution in [-0.4, -0.2) is 24.0 Å². The number of hydrogen-bond acceptors (Lipinski definition) is 2. The third-order valence-electron chi connectivity index (χ3n) is 4.86. The smallest absolute Gasteiger partial charge is 0.0406 e. The second kappa shape index (κ2) is 6.25. The molecule has 2 atom stereocenters. The van der Waals surface area contributed by atoms with Gasteiger partial charge in [-0.25, -0.2) is 0 Å². The predicted molar refractivity (Wildman–Crippen MR) is 82.3 cm³/mol. The van der Waals surface area contributed by atoms with E-state index in [0.717, 1.165) is 24.0 Å². The van der Waals surface area contributed by atoms with E-state index in [1.54, 1.807) is 0 Å². The average molecular weight is 281 g/mol. The van der Waals surface area contributed by atoms with Gasteiger partial charge in [0.2, 0.25) is 0 Å². The van der Waals surface area contributed by atoms with E-state index in [-0.39, 0.29) is 5.54 Å². The van der Waals surface area contributed by atoms with E-state index in [4.69, 9.17) is 17.3 Å². The number of rotatable bonds is 5. The zero-order chi connectivity index (χ0) is 13.9. The summed E-state index contributed by atoms with van der Waals surface area (Å²) in [6, 6.07) is 8.15. The Bertz CT molecular complexity index is 404. The molecule has 1 aromatic rings. The lowest BCUT2D eigenvalue weighted by Gasteiger charge is -2.43. The van der Waals surface area contributed by atoms with Crippen molar-refractivity contribution in [3.63, 3.8) is 0 Å². The van der Waals surface area contributed by atoms with E-state index in [0.29, 0.717) is 0 Å². The van der Waals surface area contributed by atoms with Crippen molar-refractivity contribution >= 4 is 11.6 Å². The molecule has 0 aromatic heterocycles. The minimum atomic E-state index is 0.189. The first kappa shape index (κ1) is 14.8. The normalized spacial score (nSPS) is 27.1. The molecule has 19 heavy (non-hydrogen) atoms. The minimum Gasteiger partial charge on any atom is -0.329 e. The molecule has 0 spiro atoms. The van der Waals surface area contributed by atoms with Crippen LogP contribution in [0.5, 0.6) is 0 Å². The van der Waals surface area contributed by atoms with E-state index >= 15 is 0 Å². The highest BCUT2D eigenvalue weighted by Crippen LogP contribution is 2.41. The molecule has 0 saturated heterocycles. The van der Waals surface area contributed by atoms with Crippen LogP contribution >= 0.6 is 11.6 Å². The second-order valence-corrected chi connectivity index (χ2v) is 6.22. The first-order chi connectivity index (χ1) is 9.12. The molecule has 1 fully saturated rings. The van der Waals surface area contributed by atoms with Gasteiger partial charge in [0, 0.05) is 23.7 Å². The third kappa shape index (κ3) is 2.96. The van der Waals surface area contributed by atoms with E-state index in [2.05, 4.69) is 31.0 Å². The number of hydrogen-bond donors (Lipinski definition) is 1. The molecule has 1 aliphatic carbocycles. The van der Waals surface area contributed by atoms with Gasteiger partial charge in [0.1, 0.15) is 0 Å². The molecule has 1 saturated carbocycles. The number of halogens is 1. The van der Waals surface area contributed by atoms with Gasteiger partial charge in [-0.1, -0.05) is 43.5 Å². The Morgan fingerprint density at radius 2 is 2.05 bits per heavy atom. The molecule has 1 aromatic carbocycles. The maximum atomic E-state index is 6.15. The maximum absolute atomic E-state index is 6.15. The van der Waals surface area contributed by atoms with Crippen LogP contribution in [0.4, 0.5) is 0 Å². The molecular formula is C16H25ClN2. The molecule has 3 heteroatoms. The Morgan fingerprint density at radius 3 is 2.63 bits per heavy atom. The topological polar surface area (TPSA) is 29.3 Å². The molecule has 0 aliphatic heterocycles. The van der Waals surface area contributed by atoms with Crippen molar-refractivity contribution in [2.45, 2.75) is 44.7 Å². The Hall–Kier alpha value is -0.570. The summed E-state index contributed by atoms with van der Waals surface area (Å²) in [7, 11) is 2.22. The molecule has 0 heterocycles. The average Bonchev–Trinajstić information content (AvgIpc) is 2.85. The highest BCUT2D eigenvalue weighted by atomic mass is 35.5. The van der Waals surface area contributed by atoms with Crippen molar-refractivity contribution in [3.8, 4) is 0 Å². The highest BCUT2D eigenvalue weighted by molar-refractivity contribution is 6.30. The van der Waals surface area contributed by atoms with Crippen LogP contribution in [-0.2, 0) is 6.54 Å². The number of nitrogens with two attached hydrogens (primary N) is 1. The first-order valence-corrected chi connectivity index (χ1v) is 7.66. The maximum Gasteiger partial charge on any atom is 0.0406 e. The van der Waals surface area contributed by atoms with Crippen molar-refractivity contribution in [2.75, 3.05) is 13.6 Å². The van der Waals surface area contributed by atoms with Crippen LogP contribution in [0.3, 0.4) is 0 Å². The van der Waals surface area contributed by atoms with Gasteiger partial charge in [0.05, 0.1) is 0 Å². The largest absolute Gasteiger partial charge is 0.329 e. The molecule has 2 N–H and O–H groups in total. The van der Waals surface area contributed by atoms with Crippen molar-refractivity contribution in [1.29, 1.82) is 0 Å². The van der Waals surface area contributed by atoms with Crippen molar-refractivity contribution < 1.29 is 0 Å². The Balaban J connectivity index is 2.12. The van der Waals surface area contributed by atoms with E-state index in [9.17, 15) is 0 Å². The lowest BCUT2D eigenvalue weighted by molar-refractivity contribution is 0.0747. The van der Waals surface area contributed by atoms with Gasteiger partial charge in [0.25, 0.3) is 0 Å². The second-order valence-electron chi connectivity index (χ2n) is 5.79. The minimum absolute atomic E-state index is 0.189. The summed E-state index contributed by atoms with van der Waals surface area (Å²) in [6.07, 6.45) is 5.08. The monoisotopic (exact) mass is 280 g/mol. The summed E-state index contributed by atoms with van der Waals surface area (Å²) in [5, 5.41) is 0.798. The Kier molecular flexibility index (Phi) is 4.88. The van der Waals surface area contributed by atoms with Gasteiger partial charge in [-0.3, -0.25) is 4.90 Å². The van der Waals surface area contributed by atoms with Crippen LogP contribution in [0.15, 0.2) is 24.3 Å². The molecule has 2 unspecified atom stereocenters. The lowest BCUT2D eigenvalue weighted by Crippen LogP contribution is -2.54. The summed E-state index contributed by atoms with van der Waals surface area (Å²) in [5.74, 6) is 0.731. The van der Waals surface area contributed by atoms with Crippen LogP contribution in [0.1, 0.15) is 38.2 Å². The lowest BCUT2D eigenvalue weighted by atomic mass is 9.83. The summed E-state index contributed by atoms with van der Waals surface area (Å²) in [4.78, 5) is 2.47. The van der Waals surface area contributed by atoms with Crippen LogP contribution in [0.25, 0.3) is 0 Å². The van der Waals surface area contributed by atoms with E-state index in [1.165, 1.54) is 31.2 Å². The van der Waals surface area contributed by atoms with Gasteiger partial charge < -0.3 is 5.73 Å². The summed E-state index contributed by atoms with van der Waals surface area (Å²) >= 11 is 5.94. The molecule has 0 radical (unpaired) electrons. The molecule has 1 aliphatic rings. The predicted octanol–water partition coefficient (Wildman–Crippen LogP) is 3.68. The van der Waals surface area contributed by atoms with Crippen LogP contribution in [0.2, 0.25) is 5.02 Å². The fourth-order valence-electron chi connectivity index (χ4n) is 3.66. The number of benzene rings is 1. The van der Waals surface area contributed by atoms with Gasteiger partial charge in [0.15, 0.2) is 0 Å². The fraction of sp³-hybridized carbons (Fsp3) is 0.625. The third-order valence-corrected chi connectivity index (χ3v) is 5.11. The summed E-state index contributed by atoms with van der Waals surface area (Å²) in [5.41, 5.74) is 7.65. The zero-order valence-electron chi connectivity index (χ0n) is 12.0. The molecule has 2 nitrogen and oxygen atoms in total. The number of likely N-dealkylation sites (N-methyl/N-ethyl adjacent to an activating group) is 1. The van der Waals surface area contributed by atoms with Crippen LogP contribution < -0.4 is 5.73 Å². The molecule has 106 valence electrons. The fourth-order valence-corrected chi connectivity index (χ4v) is 3.79. The van der Waals surface area contributed by atoms with Crippen molar-refractivity contribution in [2.24, 2.45) is 11.7 Å². The Morgan fingerprint density at radius 1 is 1.37 bits per heavy atom. The van der Waals surface area contributed by atoms with Crippen molar-refractivity contribution in [1.82, 2.24) is 4.90 Å². The molecule has 0 bridgehead atoms. The number of nitrogens with zero attached hydrogens (tertiary/aromatic N) is 1. The molecular weight excluding hydrogens is 256 g/mol. The summed E-state index contributed by atoms with van der Waals surface area (Å²) < 4.78 is 0. The summed E-state index contributed by atoms with van der Waals surface area (Å²) in [6.45, 7) is 4.00. The van der Waals surface area contributed by atoms with E-state index < -0.39 is 0 Å². The zero-order valence-corrected chi connectivity index (χ0v) is 12.8. The van der Waals surface area contributed by atoms with Crippen molar-refractivity contribution in [3.05, 3.63) is 34.9 Å². The molecule has 2 rings (SSSR count). The quantitative estimate of drug-likeness (QED) is 0.891. The first-order valence-electron chi connectivity index (χ1n) is 7.28. The van der Waals surface area contributed by atoms with Crippen LogP contribution in [0, 0.1) is 5.92 Å². The van der Waals surface area contributed by atoms with E-state index in [1.807, 2.05) is 12.1 Å². The molecule has 0 amide bonds. The van der Waals surface area contributed by atoms with Gasteiger partial charge in [-0.05, 0) is 43.5 Å². The van der Waals surface area contributed by atoms with Gasteiger partial charge >= 0.3 is 0 Å². The standard InChI is InChI=1S/C16H25ClN2/c1-3-14-5-4-10-16(14,12-18)19(2)11-13-6-8-15(17)9-7-13/h6-9,14H,3-5,10-12,18H2,1-2H3. The Labute approximate surface area is 121 Å². The highest BCUT2D eigenvalue weighted by Gasteiger charge is 2.43. The SMILES string of the molecule is CCC1CCCC1(CN)N(C)Cc1ccc(Cl)cc1.